The summed E-state index contributed by atoms with van der Waals surface area (Å²) in [5, 5.41) is 0. The Labute approximate surface area is 128 Å². The molecule has 110 valence electrons. The van der Waals surface area contributed by atoms with Gasteiger partial charge in [0.2, 0.25) is 0 Å². The van der Waals surface area contributed by atoms with Crippen LogP contribution in [-0.2, 0) is 0 Å². The van der Waals surface area contributed by atoms with E-state index in [-0.39, 0.29) is 11.7 Å². The van der Waals surface area contributed by atoms with Crippen molar-refractivity contribution in [1.82, 2.24) is 4.90 Å². The van der Waals surface area contributed by atoms with Crippen LogP contribution in [-0.4, -0.2) is 23.9 Å². The highest BCUT2D eigenvalue weighted by Gasteiger charge is 2.24. The molecule has 2 nitrogen and oxygen atoms in total. The van der Waals surface area contributed by atoms with Crippen LogP contribution < -0.4 is 0 Å². The van der Waals surface area contributed by atoms with Gasteiger partial charge in [0, 0.05) is 17.6 Å². The smallest absolute Gasteiger partial charge is 0.255 e. The van der Waals surface area contributed by atoms with Crippen molar-refractivity contribution < 1.29 is 9.18 Å². The highest BCUT2D eigenvalue weighted by molar-refractivity contribution is 9.10. The van der Waals surface area contributed by atoms with E-state index in [1.807, 2.05) is 4.90 Å². The minimum atomic E-state index is -0.329. The molecule has 1 unspecified atom stereocenters. The number of halogens is 2. The van der Waals surface area contributed by atoms with E-state index in [4.69, 9.17) is 0 Å². The molecule has 1 saturated heterocycles. The first-order valence-electron chi connectivity index (χ1n) is 7.23. The molecule has 1 aromatic rings. The van der Waals surface area contributed by atoms with Gasteiger partial charge < -0.3 is 4.90 Å². The molecule has 0 aromatic heterocycles. The maximum absolute atomic E-state index is 13.1. The number of amides is 1. The van der Waals surface area contributed by atoms with Gasteiger partial charge >= 0.3 is 0 Å². The van der Waals surface area contributed by atoms with Crippen molar-refractivity contribution in [2.45, 2.75) is 33.1 Å². The fraction of sp³-hybridized carbons (Fsp3) is 0.562. The first-order valence-corrected chi connectivity index (χ1v) is 8.02. The first kappa shape index (κ1) is 15.5. The summed E-state index contributed by atoms with van der Waals surface area (Å²) in [4.78, 5) is 14.4. The molecule has 0 bridgehead atoms. The summed E-state index contributed by atoms with van der Waals surface area (Å²) >= 11 is 3.28. The van der Waals surface area contributed by atoms with Crippen LogP contribution >= 0.6 is 15.9 Å². The zero-order chi connectivity index (χ0) is 14.7. The molecule has 4 heteroatoms. The fourth-order valence-corrected chi connectivity index (χ4v) is 3.35. The lowest BCUT2D eigenvalue weighted by atomic mass is 9.89. The van der Waals surface area contributed by atoms with Crippen LogP contribution in [0.2, 0.25) is 0 Å². The lowest BCUT2D eigenvalue weighted by Crippen LogP contribution is -2.32. The van der Waals surface area contributed by atoms with Gasteiger partial charge in [-0.25, -0.2) is 4.39 Å². The fourth-order valence-electron chi connectivity index (χ4n) is 2.83. The highest BCUT2D eigenvalue weighted by Crippen LogP contribution is 2.26. The van der Waals surface area contributed by atoms with Gasteiger partial charge in [-0.3, -0.25) is 4.79 Å². The van der Waals surface area contributed by atoms with Crippen molar-refractivity contribution in [1.29, 1.82) is 0 Å². The van der Waals surface area contributed by atoms with Crippen LogP contribution in [0.15, 0.2) is 22.7 Å². The topological polar surface area (TPSA) is 20.3 Å². The van der Waals surface area contributed by atoms with Gasteiger partial charge in [0.15, 0.2) is 0 Å². The van der Waals surface area contributed by atoms with Crippen molar-refractivity contribution >= 4 is 21.8 Å². The number of hydrogen-bond acceptors (Lipinski definition) is 1. The third-order valence-corrected chi connectivity index (χ3v) is 4.82. The van der Waals surface area contributed by atoms with Crippen molar-refractivity contribution in [3.05, 3.63) is 34.1 Å². The molecule has 1 fully saturated rings. The average molecular weight is 342 g/mol. The predicted octanol–water partition coefficient (Wildman–Crippen LogP) is 4.49. The lowest BCUT2D eigenvalue weighted by molar-refractivity contribution is 0.0758. The molecule has 0 N–H and O–H groups in total. The van der Waals surface area contributed by atoms with Gasteiger partial charge in [-0.1, -0.05) is 13.8 Å². The van der Waals surface area contributed by atoms with Crippen molar-refractivity contribution in [2.75, 3.05) is 13.1 Å². The Hall–Kier alpha value is -0.900. The Balaban J connectivity index is 2.09. The Morgan fingerprint density at radius 1 is 1.35 bits per heavy atom. The maximum atomic E-state index is 13.1. The summed E-state index contributed by atoms with van der Waals surface area (Å²) in [5.74, 6) is 1.04. The molecular formula is C16H21BrFNO. The monoisotopic (exact) mass is 341 g/mol. The van der Waals surface area contributed by atoms with E-state index >= 15 is 0 Å². The Kier molecular flexibility index (Phi) is 5.19. The van der Waals surface area contributed by atoms with Crippen LogP contribution in [0, 0.1) is 17.7 Å². The third kappa shape index (κ3) is 3.60. The Morgan fingerprint density at radius 3 is 2.75 bits per heavy atom. The van der Waals surface area contributed by atoms with Gasteiger partial charge in [-0.15, -0.1) is 0 Å². The van der Waals surface area contributed by atoms with Gasteiger partial charge in [0.25, 0.3) is 5.91 Å². The molecule has 20 heavy (non-hydrogen) atoms. The van der Waals surface area contributed by atoms with Crippen molar-refractivity contribution in [3.63, 3.8) is 0 Å². The van der Waals surface area contributed by atoms with Gasteiger partial charge in [0.1, 0.15) is 5.82 Å². The van der Waals surface area contributed by atoms with E-state index in [0.717, 1.165) is 25.9 Å². The quantitative estimate of drug-likeness (QED) is 0.776. The molecule has 2 rings (SSSR count). The van der Waals surface area contributed by atoms with E-state index in [1.54, 1.807) is 6.07 Å². The summed E-state index contributed by atoms with van der Waals surface area (Å²) in [6.45, 7) is 6.09. The molecule has 1 amide bonds. The van der Waals surface area contributed by atoms with E-state index in [1.165, 1.54) is 18.6 Å². The number of carbonyl (C=O) groups excluding carboxylic acids is 1. The lowest BCUT2D eigenvalue weighted by Gasteiger charge is -2.22. The molecule has 1 atom stereocenters. The minimum Gasteiger partial charge on any atom is -0.339 e. The van der Waals surface area contributed by atoms with Crippen molar-refractivity contribution in [3.8, 4) is 0 Å². The largest absolute Gasteiger partial charge is 0.339 e. The minimum absolute atomic E-state index is 0.00119. The summed E-state index contributed by atoms with van der Waals surface area (Å²) in [6, 6.07) is 4.25. The molecule has 0 aliphatic carbocycles. The SMILES string of the molecule is CC(C)C1CCCN(C(=O)c2ccc(F)cc2Br)CC1. The van der Waals surface area contributed by atoms with Crippen LogP contribution in [0.4, 0.5) is 4.39 Å². The molecule has 0 saturated carbocycles. The second-order valence-corrected chi connectivity index (χ2v) is 6.71. The second kappa shape index (κ2) is 6.70. The molecule has 0 spiro atoms. The molecule has 1 aliphatic heterocycles. The van der Waals surface area contributed by atoms with Crippen LogP contribution in [0.25, 0.3) is 0 Å². The van der Waals surface area contributed by atoms with Crippen LogP contribution in [0.5, 0.6) is 0 Å². The van der Waals surface area contributed by atoms with Gasteiger partial charge in [-0.2, -0.15) is 0 Å². The van der Waals surface area contributed by atoms with E-state index in [2.05, 4.69) is 29.8 Å². The maximum Gasteiger partial charge on any atom is 0.255 e. The molecule has 1 heterocycles. The van der Waals surface area contributed by atoms with Gasteiger partial charge in [-0.05, 0) is 65.2 Å². The number of hydrogen-bond donors (Lipinski definition) is 0. The molecular weight excluding hydrogens is 321 g/mol. The number of nitrogens with zero attached hydrogens (tertiary/aromatic N) is 1. The zero-order valence-corrected chi connectivity index (χ0v) is 13.6. The molecule has 1 aromatic carbocycles. The van der Waals surface area contributed by atoms with Crippen LogP contribution in [0.1, 0.15) is 43.5 Å². The number of likely N-dealkylation sites (tertiary alicyclic amines) is 1. The predicted molar refractivity (Wildman–Crippen MR) is 82.2 cm³/mol. The Bertz CT molecular complexity index is 489. The Morgan fingerprint density at radius 2 is 2.10 bits per heavy atom. The average Bonchev–Trinajstić information content (AvgIpc) is 2.63. The summed E-state index contributed by atoms with van der Waals surface area (Å²) in [7, 11) is 0. The number of carbonyl (C=O) groups is 1. The second-order valence-electron chi connectivity index (χ2n) is 5.85. The normalized spacial score (nSPS) is 20.1. The molecule has 0 radical (unpaired) electrons. The van der Waals surface area contributed by atoms with Gasteiger partial charge in [0.05, 0.1) is 5.56 Å². The van der Waals surface area contributed by atoms with Crippen LogP contribution in [0.3, 0.4) is 0 Å². The highest BCUT2D eigenvalue weighted by atomic mass is 79.9. The summed E-state index contributed by atoms with van der Waals surface area (Å²) < 4.78 is 13.6. The van der Waals surface area contributed by atoms with E-state index in [0.29, 0.717) is 21.9 Å². The zero-order valence-electron chi connectivity index (χ0n) is 12.0. The first-order chi connectivity index (χ1) is 9.49. The standard InChI is InChI=1S/C16H21BrFNO/c1-11(2)12-4-3-8-19(9-7-12)16(20)14-6-5-13(18)10-15(14)17/h5-6,10-12H,3-4,7-9H2,1-2H3. The van der Waals surface area contributed by atoms with E-state index in [9.17, 15) is 9.18 Å². The number of benzene rings is 1. The van der Waals surface area contributed by atoms with Crippen molar-refractivity contribution in [2.24, 2.45) is 11.8 Å². The summed E-state index contributed by atoms with van der Waals surface area (Å²) in [5.41, 5.74) is 0.550. The third-order valence-electron chi connectivity index (χ3n) is 4.16. The van der Waals surface area contributed by atoms with E-state index < -0.39 is 0 Å². The molecule has 1 aliphatic rings. The number of rotatable bonds is 2. The summed E-state index contributed by atoms with van der Waals surface area (Å²) in [6.07, 6.45) is 3.29.